The van der Waals surface area contributed by atoms with Crippen LogP contribution in [0.3, 0.4) is 0 Å². The Morgan fingerprint density at radius 3 is 2.52 bits per heavy atom. The molecule has 0 atom stereocenters. The van der Waals surface area contributed by atoms with Crippen LogP contribution in [0.15, 0.2) is 23.1 Å². The van der Waals surface area contributed by atoms with Gasteiger partial charge in [-0.25, -0.2) is 13.2 Å². The molecule has 0 bridgehead atoms. The minimum absolute atomic E-state index is 0.0728. The molecule has 0 saturated heterocycles. The molecule has 1 aliphatic heterocycles. The maximum Gasteiger partial charge on any atom is 0.337 e. The minimum Gasteiger partial charge on any atom is -0.478 e. The molecule has 1 heterocycles. The second kappa shape index (κ2) is 4.56. The van der Waals surface area contributed by atoms with Crippen molar-refractivity contribution in [2.75, 3.05) is 11.1 Å². The van der Waals surface area contributed by atoms with Gasteiger partial charge in [0, 0.05) is 0 Å². The van der Waals surface area contributed by atoms with Crippen molar-refractivity contribution in [2.24, 2.45) is 5.41 Å². The molecule has 0 unspecified atom stereocenters. The number of hydrogen-bond acceptors (Lipinski definition) is 4. The number of fused-ring (bicyclic) bond motifs is 1. The first-order valence-electron chi connectivity index (χ1n) is 6.76. The number of carbonyl (C=O) groups excluding carboxylic acids is 1. The molecule has 7 heteroatoms. The predicted octanol–water partition coefficient (Wildman–Crippen LogP) is 1.67. The number of anilines is 1. The summed E-state index contributed by atoms with van der Waals surface area (Å²) in [4.78, 5) is 23.5. The normalized spacial score (nSPS) is 22.4. The Morgan fingerprint density at radius 1 is 1.24 bits per heavy atom. The largest absolute Gasteiger partial charge is 0.478 e. The first-order chi connectivity index (χ1) is 9.86. The molecule has 0 radical (unpaired) electrons. The molecule has 2 aliphatic rings. The zero-order valence-corrected chi connectivity index (χ0v) is 12.1. The van der Waals surface area contributed by atoms with Crippen molar-refractivity contribution in [1.82, 2.24) is 0 Å². The lowest BCUT2D eigenvalue weighted by Crippen LogP contribution is -2.37. The predicted molar refractivity (Wildman–Crippen MR) is 75.0 cm³/mol. The van der Waals surface area contributed by atoms with Crippen LogP contribution in [0.4, 0.5) is 5.69 Å². The average molecular weight is 309 g/mol. The van der Waals surface area contributed by atoms with Crippen LogP contribution in [0.1, 0.15) is 36.0 Å². The van der Waals surface area contributed by atoms with Crippen LogP contribution < -0.4 is 5.32 Å². The van der Waals surface area contributed by atoms with Crippen molar-refractivity contribution in [3.8, 4) is 0 Å². The van der Waals surface area contributed by atoms with Crippen molar-refractivity contribution < 1.29 is 23.1 Å². The maximum atomic E-state index is 12.7. The smallest absolute Gasteiger partial charge is 0.337 e. The molecule has 112 valence electrons. The highest BCUT2D eigenvalue weighted by atomic mass is 32.2. The molecule has 1 aromatic rings. The molecule has 1 amide bonds. The summed E-state index contributed by atoms with van der Waals surface area (Å²) in [5.41, 5.74) is -1.14. The van der Waals surface area contributed by atoms with Gasteiger partial charge in [-0.15, -0.1) is 0 Å². The zero-order chi connectivity index (χ0) is 15.3. The average Bonchev–Trinajstić information content (AvgIpc) is 2.84. The molecular formula is C14H15NO5S. The third-order valence-electron chi connectivity index (χ3n) is 4.31. The van der Waals surface area contributed by atoms with Crippen LogP contribution in [0.2, 0.25) is 0 Å². The molecule has 2 N–H and O–H groups in total. The Kier molecular flexibility index (Phi) is 3.05. The number of sulfone groups is 1. The van der Waals surface area contributed by atoms with Crippen molar-refractivity contribution in [1.29, 1.82) is 0 Å². The quantitative estimate of drug-likeness (QED) is 0.822. The Labute approximate surface area is 122 Å². The summed E-state index contributed by atoms with van der Waals surface area (Å²) < 4.78 is 25.3. The highest BCUT2D eigenvalue weighted by molar-refractivity contribution is 7.91. The van der Waals surface area contributed by atoms with Gasteiger partial charge in [-0.05, 0) is 25.0 Å². The lowest BCUT2D eigenvalue weighted by molar-refractivity contribution is -0.124. The molecule has 1 fully saturated rings. The van der Waals surface area contributed by atoms with Crippen LogP contribution in [0.25, 0.3) is 0 Å². The third-order valence-corrected chi connectivity index (χ3v) is 6.31. The topological polar surface area (TPSA) is 101 Å². The van der Waals surface area contributed by atoms with Gasteiger partial charge in [0.1, 0.15) is 4.90 Å². The van der Waals surface area contributed by atoms with Gasteiger partial charge in [-0.2, -0.15) is 0 Å². The number of carboxylic acid groups (broad SMARTS) is 1. The summed E-state index contributed by atoms with van der Waals surface area (Å²) in [6.07, 6.45) is 2.67. The fraction of sp³-hybridized carbons (Fsp3) is 0.429. The Balaban J connectivity index is 2.23. The van der Waals surface area contributed by atoms with Crippen LogP contribution in [-0.4, -0.2) is 31.2 Å². The summed E-state index contributed by atoms with van der Waals surface area (Å²) in [5.74, 6) is -1.94. The molecule has 21 heavy (non-hydrogen) atoms. The van der Waals surface area contributed by atoms with Gasteiger partial charge in [0.05, 0.1) is 22.4 Å². The standard InChI is InChI=1S/C14H15NO5S/c16-12(17)9-4-3-5-10-11(9)21(19,20)8-14(13(18)15-10)6-1-2-7-14/h3-5H,1-2,6-8H2,(H,15,18)(H,16,17). The SMILES string of the molecule is O=C(O)c1cccc2c1S(=O)(=O)CC1(CCCC1)C(=O)N2. The molecular weight excluding hydrogens is 294 g/mol. The van der Waals surface area contributed by atoms with Crippen molar-refractivity contribution >= 4 is 27.4 Å². The van der Waals surface area contributed by atoms with Crippen LogP contribution in [0, 0.1) is 5.41 Å². The lowest BCUT2D eigenvalue weighted by atomic mass is 9.87. The van der Waals surface area contributed by atoms with E-state index >= 15 is 0 Å². The van der Waals surface area contributed by atoms with Crippen molar-refractivity contribution in [3.05, 3.63) is 23.8 Å². The maximum absolute atomic E-state index is 12.7. The Hall–Kier alpha value is -1.89. The van der Waals surface area contributed by atoms with E-state index in [2.05, 4.69) is 5.32 Å². The second-order valence-corrected chi connectivity index (χ2v) is 7.61. The number of rotatable bonds is 1. The van der Waals surface area contributed by atoms with Gasteiger partial charge in [0.2, 0.25) is 5.91 Å². The van der Waals surface area contributed by atoms with E-state index in [1.807, 2.05) is 0 Å². The van der Waals surface area contributed by atoms with E-state index < -0.39 is 21.2 Å². The molecule has 0 aromatic heterocycles. The molecule has 6 nitrogen and oxygen atoms in total. The number of nitrogens with one attached hydrogen (secondary N) is 1. The van der Waals surface area contributed by atoms with Crippen LogP contribution >= 0.6 is 0 Å². The lowest BCUT2D eigenvalue weighted by Gasteiger charge is -2.24. The summed E-state index contributed by atoms with van der Waals surface area (Å²) >= 11 is 0. The second-order valence-electron chi connectivity index (χ2n) is 5.69. The Bertz CT molecular complexity index is 732. The number of carboxylic acids is 1. The van der Waals surface area contributed by atoms with Gasteiger partial charge in [0.25, 0.3) is 0 Å². The number of benzene rings is 1. The van der Waals surface area contributed by atoms with Gasteiger partial charge >= 0.3 is 5.97 Å². The molecule has 1 spiro atoms. The summed E-state index contributed by atoms with van der Waals surface area (Å²) in [6, 6.07) is 4.12. The summed E-state index contributed by atoms with van der Waals surface area (Å²) in [6.45, 7) is 0. The van der Waals surface area contributed by atoms with Crippen molar-refractivity contribution in [3.63, 3.8) is 0 Å². The van der Waals surface area contributed by atoms with E-state index in [1.165, 1.54) is 18.2 Å². The van der Waals surface area contributed by atoms with Crippen LogP contribution in [-0.2, 0) is 14.6 Å². The minimum atomic E-state index is -3.84. The van der Waals surface area contributed by atoms with Crippen LogP contribution in [0.5, 0.6) is 0 Å². The third kappa shape index (κ3) is 2.12. The highest BCUT2D eigenvalue weighted by Gasteiger charge is 2.48. The fourth-order valence-corrected chi connectivity index (χ4v) is 5.55. The van der Waals surface area contributed by atoms with Gasteiger partial charge in [-0.3, -0.25) is 4.79 Å². The van der Waals surface area contributed by atoms with E-state index in [9.17, 15) is 23.1 Å². The van der Waals surface area contributed by atoms with Gasteiger partial charge in [0.15, 0.2) is 9.84 Å². The number of carbonyl (C=O) groups is 2. The monoisotopic (exact) mass is 309 g/mol. The van der Waals surface area contributed by atoms with E-state index in [0.29, 0.717) is 12.8 Å². The molecule has 3 rings (SSSR count). The molecule has 1 saturated carbocycles. The number of amides is 1. The Morgan fingerprint density at radius 2 is 1.90 bits per heavy atom. The van der Waals surface area contributed by atoms with E-state index in [-0.39, 0.29) is 27.8 Å². The zero-order valence-electron chi connectivity index (χ0n) is 11.3. The first-order valence-corrected chi connectivity index (χ1v) is 8.41. The number of hydrogen-bond donors (Lipinski definition) is 2. The molecule has 1 aromatic carbocycles. The first kappa shape index (κ1) is 14.1. The van der Waals surface area contributed by atoms with E-state index in [4.69, 9.17) is 0 Å². The van der Waals surface area contributed by atoms with E-state index in [0.717, 1.165) is 12.8 Å². The van der Waals surface area contributed by atoms with E-state index in [1.54, 1.807) is 0 Å². The fourth-order valence-electron chi connectivity index (χ4n) is 3.32. The van der Waals surface area contributed by atoms with Gasteiger partial charge in [-0.1, -0.05) is 18.9 Å². The van der Waals surface area contributed by atoms with Crippen molar-refractivity contribution in [2.45, 2.75) is 30.6 Å². The van der Waals surface area contributed by atoms with Gasteiger partial charge < -0.3 is 10.4 Å². The summed E-state index contributed by atoms with van der Waals surface area (Å²) in [7, 11) is -3.84. The highest BCUT2D eigenvalue weighted by Crippen LogP contribution is 2.45. The summed E-state index contributed by atoms with van der Waals surface area (Å²) in [5, 5.41) is 11.8. The number of aromatic carboxylic acids is 1. The molecule has 1 aliphatic carbocycles.